The van der Waals surface area contributed by atoms with Crippen LogP contribution in [0, 0.1) is 0 Å². The molecule has 5 heteroatoms. The van der Waals surface area contributed by atoms with Crippen molar-refractivity contribution in [2.75, 3.05) is 5.32 Å². The third kappa shape index (κ3) is 3.70. The highest BCUT2D eigenvalue weighted by Crippen LogP contribution is 2.22. The molecule has 1 heterocycles. The van der Waals surface area contributed by atoms with E-state index < -0.39 is 0 Å². The maximum atomic E-state index is 5.82. The Kier molecular flexibility index (Phi) is 3.99. The van der Waals surface area contributed by atoms with E-state index in [9.17, 15) is 0 Å². The lowest BCUT2D eigenvalue weighted by Gasteiger charge is -2.02. The summed E-state index contributed by atoms with van der Waals surface area (Å²) in [5, 5.41) is 6.87. The molecule has 3 N–H and O–H groups in total. The van der Waals surface area contributed by atoms with Gasteiger partial charge < -0.3 is 11.1 Å². The zero-order valence-corrected chi connectivity index (χ0v) is 11.1. The molecule has 0 fully saturated rings. The summed E-state index contributed by atoms with van der Waals surface area (Å²) in [6.07, 6.45) is 0.804. The molecule has 0 aliphatic carbocycles. The van der Waals surface area contributed by atoms with Gasteiger partial charge in [-0.1, -0.05) is 11.6 Å². The van der Waals surface area contributed by atoms with E-state index >= 15 is 0 Å². The summed E-state index contributed by atoms with van der Waals surface area (Å²) in [6, 6.07) is 7.69. The van der Waals surface area contributed by atoms with Crippen molar-refractivity contribution in [2.24, 2.45) is 5.73 Å². The number of halogens is 1. The van der Waals surface area contributed by atoms with Crippen LogP contribution in [-0.4, -0.2) is 11.0 Å². The molecule has 1 aromatic carbocycles. The van der Waals surface area contributed by atoms with Crippen molar-refractivity contribution in [3.8, 4) is 0 Å². The number of nitrogens with one attached hydrogen (secondary N) is 1. The van der Waals surface area contributed by atoms with Crippen molar-refractivity contribution in [1.82, 2.24) is 4.98 Å². The van der Waals surface area contributed by atoms with Crippen LogP contribution in [0.4, 0.5) is 10.8 Å². The van der Waals surface area contributed by atoms with Gasteiger partial charge in [-0.15, -0.1) is 11.3 Å². The highest BCUT2D eigenvalue weighted by molar-refractivity contribution is 7.13. The second kappa shape index (κ2) is 5.49. The van der Waals surface area contributed by atoms with E-state index in [1.807, 2.05) is 36.6 Å². The number of aromatic nitrogens is 1. The number of rotatable bonds is 4. The second-order valence-electron chi connectivity index (χ2n) is 3.96. The van der Waals surface area contributed by atoms with Crippen molar-refractivity contribution in [1.29, 1.82) is 0 Å². The van der Waals surface area contributed by atoms with Crippen LogP contribution in [0.1, 0.15) is 12.6 Å². The zero-order chi connectivity index (χ0) is 12.3. The molecule has 1 aromatic heterocycles. The predicted octanol–water partition coefficient (Wildman–Crippen LogP) is 3.43. The largest absolute Gasteiger partial charge is 0.332 e. The lowest BCUT2D eigenvalue weighted by Crippen LogP contribution is -2.17. The molecule has 0 saturated carbocycles. The quantitative estimate of drug-likeness (QED) is 0.892. The fourth-order valence-electron chi connectivity index (χ4n) is 1.44. The Hall–Kier alpha value is -1.10. The molecule has 0 saturated heterocycles. The summed E-state index contributed by atoms with van der Waals surface area (Å²) in [4.78, 5) is 4.46. The van der Waals surface area contributed by atoms with Crippen molar-refractivity contribution >= 4 is 33.8 Å². The van der Waals surface area contributed by atoms with Gasteiger partial charge in [-0.05, 0) is 31.2 Å². The highest BCUT2D eigenvalue weighted by Gasteiger charge is 2.04. The molecule has 2 rings (SSSR count). The van der Waals surface area contributed by atoms with E-state index in [2.05, 4.69) is 10.3 Å². The van der Waals surface area contributed by atoms with Crippen LogP contribution < -0.4 is 11.1 Å². The Bertz CT molecular complexity index is 479. The van der Waals surface area contributed by atoms with Gasteiger partial charge in [0, 0.05) is 28.6 Å². The minimum Gasteiger partial charge on any atom is -0.332 e. The van der Waals surface area contributed by atoms with Crippen molar-refractivity contribution in [2.45, 2.75) is 19.4 Å². The van der Waals surface area contributed by atoms with E-state index in [4.69, 9.17) is 17.3 Å². The van der Waals surface area contributed by atoms with Gasteiger partial charge in [-0.25, -0.2) is 4.98 Å². The van der Waals surface area contributed by atoms with Crippen molar-refractivity contribution in [3.63, 3.8) is 0 Å². The third-order valence-electron chi connectivity index (χ3n) is 2.18. The van der Waals surface area contributed by atoms with E-state index in [0.29, 0.717) is 0 Å². The Morgan fingerprint density at radius 3 is 2.76 bits per heavy atom. The number of thiazole rings is 1. The lowest BCUT2D eigenvalue weighted by atomic mass is 10.2. The molecule has 1 atom stereocenters. The molecule has 3 nitrogen and oxygen atoms in total. The molecular formula is C12H14ClN3S. The number of nitrogens with zero attached hydrogens (tertiary/aromatic N) is 1. The van der Waals surface area contributed by atoms with Crippen LogP contribution in [0.15, 0.2) is 29.6 Å². The molecular weight excluding hydrogens is 254 g/mol. The summed E-state index contributed by atoms with van der Waals surface area (Å²) in [7, 11) is 0. The summed E-state index contributed by atoms with van der Waals surface area (Å²) in [6.45, 7) is 1.98. The number of nitrogens with two attached hydrogens (primary N) is 1. The van der Waals surface area contributed by atoms with E-state index in [1.54, 1.807) is 11.3 Å². The van der Waals surface area contributed by atoms with Gasteiger partial charge >= 0.3 is 0 Å². The van der Waals surface area contributed by atoms with Crippen LogP contribution in [-0.2, 0) is 6.42 Å². The summed E-state index contributed by atoms with van der Waals surface area (Å²) < 4.78 is 0. The van der Waals surface area contributed by atoms with E-state index in [0.717, 1.165) is 28.0 Å². The second-order valence-corrected chi connectivity index (χ2v) is 5.25. The fourth-order valence-corrected chi connectivity index (χ4v) is 2.31. The topological polar surface area (TPSA) is 50.9 Å². The summed E-state index contributed by atoms with van der Waals surface area (Å²) in [5.74, 6) is 0. The number of hydrogen-bond donors (Lipinski definition) is 2. The van der Waals surface area contributed by atoms with E-state index in [1.165, 1.54) is 0 Å². The molecule has 1 unspecified atom stereocenters. The average molecular weight is 268 g/mol. The SMILES string of the molecule is CC(N)Cc1csc(Nc2ccc(Cl)cc2)n1. The smallest absolute Gasteiger partial charge is 0.187 e. The van der Waals surface area contributed by atoms with Crippen LogP contribution >= 0.6 is 22.9 Å². The summed E-state index contributed by atoms with van der Waals surface area (Å²) in [5.41, 5.74) is 7.74. The first-order valence-corrected chi connectivity index (χ1v) is 6.62. The molecule has 17 heavy (non-hydrogen) atoms. The normalized spacial score (nSPS) is 12.4. The van der Waals surface area contributed by atoms with Crippen LogP contribution in [0.5, 0.6) is 0 Å². The van der Waals surface area contributed by atoms with Gasteiger partial charge in [0.15, 0.2) is 5.13 Å². The van der Waals surface area contributed by atoms with Crippen LogP contribution in [0.3, 0.4) is 0 Å². The van der Waals surface area contributed by atoms with Crippen molar-refractivity contribution in [3.05, 3.63) is 40.4 Å². The van der Waals surface area contributed by atoms with Gasteiger partial charge in [0.05, 0.1) is 5.69 Å². The average Bonchev–Trinajstić information content (AvgIpc) is 2.68. The predicted molar refractivity (Wildman–Crippen MR) is 74.2 cm³/mol. The Balaban J connectivity index is 2.03. The maximum Gasteiger partial charge on any atom is 0.187 e. The monoisotopic (exact) mass is 267 g/mol. The molecule has 0 spiro atoms. The molecule has 0 aliphatic rings. The van der Waals surface area contributed by atoms with Gasteiger partial charge in [0.2, 0.25) is 0 Å². The zero-order valence-electron chi connectivity index (χ0n) is 9.48. The molecule has 0 radical (unpaired) electrons. The van der Waals surface area contributed by atoms with Gasteiger partial charge in [-0.3, -0.25) is 0 Å². The van der Waals surface area contributed by atoms with E-state index in [-0.39, 0.29) is 6.04 Å². The Labute approximate surface area is 110 Å². The number of anilines is 2. The first-order valence-electron chi connectivity index (χ1n) is 5.36. The van der Waals surface area contributed by atoms with Gasteiger partial charge in [0.25, 0.3) is 0 Å². The molecule has 90 valence electrons. The number of hydrogen-bond acceptors (Lipinski definition) is 4. The van der Waals surface area contributed by atoms with Crippen LogP contribution in [0.25, 0.3) is 0 Å². The number of benzene rings is 1. The lowest BCUT2D eigenvalue weighted by molar-refractivity contribution is 0.726. The molecule has 0 aliphatic heterocycles. The molecule has 0 amide bonds. The van der Waals surface area contributed by atoms with Gasteiger partial charge in [0.1, 0.15) is 0 Å². The van der Waals surface area contributed by atoms with Gasteiger partial charge in [-0.2, -0.15) is 0 Å². The highest BCUT2D eigenvalue weighted by atomic mass is 35.5. The Morgan fingerprint density at radius 2 is 2.12 bits per heavy atom. The first-order chi connectivity index (χ1) is 8.13. The molecule has 2 aromatic rings. The Morgan fingerprint density at radius 1 is 1.41 bits per heavy atom. The molecule has 0 bridgehead atoms. The fraction of sp³-hybridized carbons (Fsp3) is 0.250. The van der Waals surface area contributed by atoms with Crippen molar-refractivity contribution < 1.29 is 0 Å². The maximum absolute atomic E-state index is 5.82. The van der Waals surface area contributed by atoms with Crippen LogP contribution in [0.2, 0.25) is 5.02 Å². The minimum atomic E-state index is 0.139. The third-order valence-corrected chi connectivity index (χ3v) is 3.24. The summed E-state index contributed by atoms with van der Waals surface area (Å²) >= 11 is 7.40. The first kappa shape index (κ1) is 12.4. The minimum absolute atomic E-state index is 0.139. The standard InChI is InChI=1S/C12H14ClN3S/c1-8(14)6-11-7-17-12(16-11)15-10-4-2-9(13)3-5-10/h2-5,7-8H,6,14H2,1H3,(H,15,16).